The molecule has 0 radical (unpaired) electrons. The van der Waals surface area contributed by atoms with Gasteiger partial charge in [0.2, 0.25) is 0 Å². The van der Waals surface area contributed by atoms with Crippen LogP contribution in [0.15, 0.2) is 54.6 Å². The van der Waals surface area contributed by atoms with E-state index in [1.165, 1.54) is 25.1 Å². The standard InChI is InChI=1S/C22H23NO6/c1-3-20(25)22(17-10-7-11-18(12-17)23(27)28)19(15(2)24)13-21(26)29-14-16-8-5-4-6-9-16/h4-12,19,22H,3,13-14H2,1-2H3. The van der Waals surface area contributed by atoms with Crippen molar-refractivity contribution in [2.24, 2.45) is 5.92 Å². The number of carbonyl (C=O) groups is 3. The number of carbonyl (C=O) groups excluding carboxylic acids is 3. The highest BCUT2D eigenvalue weighted by molar-refractivity contribution is 5.94. The molecule has 29 heavy (non-hydrogen) atoms. The first kappa shape index (κ1) is 21.9. The molecule has 0 amide bonds. The fourth-order valence-electron chi connectivity index (χ4n) is 3.17. The number of rotatable bonds is 10. The van der Waals surface area contributed by atoms with Crippen LogP contribution < -0.4 is 0 Å². The summed E-state index contributed by atoms with van der Waals surface area (Å²) in [6, 6.07) is 14.7. The largest absolute Gasteiger partial charge is 0.461 e. The summed E-state index contributed by atoms with van der Waals surface area (Å²) in [4.78, 5) is 47.8. The number of hydrogen-bond acceptors (Lipinski definition) is 6. The van der Waals surface area contributed by atoms with Gasteiger partial charge in [0.1, 0.15) is 18.2 Å². The first-order valence-electron chi connectivity index (χ1n) is 9.30. The van der Waals surface area contributed by atoms with Crippen molar-refractivity contribution in [2.75, 3.05) is 0 Å². The zero-order chi connectivity index (χ0) is 21.4. The maximum absolute atomic E-state index is 12.6. The van der Waals surface area contributed by atoms with Crippen molar-refractivity contribution >= 4 is 23.2 Å². The molecule has 7 nitrogen and oxygen atoms in total. The number of nitrogens with zero attached hydrogens (tertiary/aromatic N) is 1. The summed E-state index contributed by atoms with van der Waals surface area (Å²) in [6.45, 7) is 3.02. The normalized spacial score (nSPS) is 12.6. The second-order valence-corrected chi connectivity index (χ2v) is 6.72. The SMILES string of the molecule is CCC(=O)C(c1cccc([N+](=O)[O-])c1)C(CC(=O)OCc1ccccc1)C(C)=O. The number of nitro groups is 1. The van der Waals surface area contributed by atoms with Crippen LogP contribution in [0.25, 0.3) is 0 Å². The Morgan fingerprint density at radius 3 is 2.34 bits per heavy atom. The third kappa shape index (κ3) is 6.07. The smallest absolute Gasteiger partial charge is 0.306 e. The molecule has 0 aliphatic rings. The molecule has 0 aliphatic heterocycles. The molecule has 2 atom stereocenters. The van der Waals surface area contributed by atoms with Crippen LogP contribution in [0.5, 0.6) is 0 Å². The number of ether oxygens (including phenoxy) is 1. The highest BCUT2D eigenvalue weighted by Gasteiger charge is 2.34. The molecular weight excluding hydrogens is 374 g/mol. The Hall–Kier alpha value is -3.35. The molecule has 152 valence electrons. The van der Waals surface area contributed by atoms with Gasteiger partial charge in [-0.2, -0.15) is 0 Å². The molecule has 2 aromatic carbocycles. The van der Waals surface area contributed by atoms with Crippen LogP contribution in [0.4, 0.5) is 5.69 Å². The van der Waals surface area contributed by atoms with Crippen molar-refractivity contribution in [1.82, 2.24) is 0 Å². The Morgan fingerprint density at radius 1 is 1.07 bits per heavy atom. The molecule has 0 spiro atoms. The molecule has 7 heteroatoms. The van der Waals surface area contributed by atoms with Crippen molar-refractivity contribution in [3.8, 4) is 0 Å². The highest BCUT2D eigenvalue weighted by atomic mass is 16.6. The average Bonchev–Trinajstić information content (AvgIpc) is 2.72. The van der Waals surface area contributed by atoms with E-state index in [0.29, 0.717) is 5.56 Å². The Kier molecular flexibility index (Phi) is 7.77. The van der Waals surface area contributed by atoms with E-state index in [4.69, 9.17) is 4.74 Å². The van der Waals surface area contributed by atoms with Crippen LogP contribution >= 0.6 is 0 Å². The molecular formula is C22H23NO6. The molecule has 0 heterocycles. The van der Waals surface area contributed by atoms with Gasteiger partial charge < -0.3 is 4.74 Å². The van der Waals surface area contributed by atoms with Gasteiger partial charge in [0.15, 0.2) is 0 Å². The molecule has 0 fully saturated rings. The molecule has 2 aromatic rings. The molecule has 0 saturated heterocycles. The molecule has 0 aromatic heterocycles. The predicted octanol–water partition coefficient (Wildman–Crippen LogP) is 4.00. The molecule has 0 saturated carbocycles. The van der Waals surface area contributed by atoms with Crippen molar-refractivity contribution in [1.29, 1.82) is 0 Å². The maximum Gasteiger partial charge on any atom is 0.306 e. The van der Waals surface area contributed by atoms with Gasteiger partial charge in [0, 0.05) is 24.5 Å². The minimum Gasteiger partial charge on any atom is -0.461 e. The maximum atomic E-state index is 12.6. The summed E-state index contributed by atoms with van der Waals surface area (Å²) >= 11 is 0. The van der Waals surface area contributed by atoms with E-state index >= 15 is 0 Å². The molecule has 2 unspecified atom stereocenters. The van der Waals surface area contributed by atoms with Crippen molar-refractivity contribution in [3.63, 3.8) is 0 Å². The van der Waals surface area contributed by atoms with E-state index in [1.54, 1.807) is 13.0 Å². The third-order valence-electron chi connectivity index (χ3n) is 4.69. The van der Waals surface area contributed by atoms with Gasteiger partial charge in [-0.05, 0) is 18.1 Å². The molecule has 2 rings (SSSR count). The monoisotopic (exact) mass is 397 g/mol. The first-order chi connectivity index (χ1) is 13.8. The van der Waals surface area contributed by atoms with E-state index in [2.05, 4.69) is 0 Å². The van der Waals surface area contributed by atoms with E-state index in [-0.39, 0.29) is 36.7 Å². The van der Waals surface area contributed by atoms with Crippen LogP contribution in [0.1, 0.15) is 43.7 Å². The molecule has 0 N–H and O–H groups in total. The number of hydrogen-bond donors (Lipinski definition) is 0. The number of Topliss-reactive ketones (excluding diaryl/α,β-unsaturated/α-hetero) is 2. The zero-order valence-electron chi connectivity index (χ0n) is 16.4. The predicted molar refractivity (Wildman–Crippen MR) is 106 cm³/mol. The summed E-state index contributed by atoms with van der Waals surface area (Å²) in [6.07, 6.45) is -0.141. The highest BCUT2D eigenvalue weighted by Crippen LogP contribution is 2.32. The molecule has 0 bridgehead atoms. The fraction of sp³-hybridized carbons (Fsp3) is 0.318. The van der Waals surface area contributed by atoms with Crippen LogP contribution in [-0.2, 0) is 25.7 Å². The van der Waals surface area contributed by atoms with Crippen molar-refractivity contribution in [2.45, 2.75) is 39.2 Å². The quantitative estimate of drug-likeness (QED) is 0.341. The minimum absolute atomic E-state index is 0.0630. The van der Waals surface area contributed by atoms with E-state index < -0.39 is 22.7 Å². The van der Waals surface area contributed by atoms with Crippen LogP contribution in [0, 0.1) is 16.0 Å². The Morgan fingerprint density at radius 2 is 1.76 bits per heavy atom. The van der Waals surface area contributed by atoms with E-state index in [1.807, 2.05) is 30.3 Å². The number of non-ortho nitro benzene ring substituents is 1. The number of ketones is 2. The van der Waals surface area contributed by atoms with Gasteiger partial charge in [0.05, 0.1) is 17.3 Å². The van der Waals surface area contributed by atoms with Gasteiger partial charge in [-0.3, -0.25) is 24.5 Å². The van der Waals surface area contributed by atoms with Crippen LogP contribution in [-0.4, -0.2) is 22.5 Å². The van der Waals surface area contributed by atoms with Gasteiger partial charge in [-0.25, -0.2) is 0 Å². The topological polar surface area (TPSA) is 104 Å². The van der Waals surface area contributed by atoms with E-state index in [9.17, 15) is 24.5 Å². The first-order valence-corrected chi connectivity index (χ1v) is 9.30. The average molecular weight is 397 g/mol. The van der Waals surface area contributed by atoms with Crippen molar-refractivity contribution in [3.05, 3.63) is 75.8 Å². The Bertz CT molecular complexity index is 893. The summed E-state index contributed by atoms with van der Waals surface area (Å²) in [7, 11) is 0. The fourth-order valence-corrected chi connectivity index (χ4v) is 3.17. The Labute approximate surface area is 168 Å². The summed E-state index contributed by atoms with van der Waals surface area (Å²) in [5.74, 6) is -3.11. The second kappa shape index (κ2) is 10.3. The van der Waals surface area contributed by atoms with E-state index in [0.717, 1.165) is 5.56 Å². The second-order valence-electron chi connectivity index (χ2n) is 6.72. The van der Waals surface area contributed by atoms with Crippen LogP contribution in [0.2, 0.25) is 0 Å². The van der Waals surface area contributed by atoms with Gasteiger partial charge in [-0.15, -0.1) is 0 Å². The van der Waals surface area contributed by atoms with Gasteiger partial charge in [0.25, 0.3) is 5.69 Å². The minimum atomic E-state index is -0.951. The number of esters is 1. The lowest BCUT2D eigenvalue weighted by molar-refractivity contribution is -0.384. The lowest BCUT2D eigenvalue weighted by Gasteiger charge is -2.23. The van der Waals surface area contributed by atoms with Crippen LogP contribution in [0.3, 0.4) is 0 Å². The molecule has 0 aliphatic carbocycles. The summed E-state index contributed by atoms with van der Waals surface area (Å²) in [5.41, 5.74) is 0.979. The summed E-state index contributed by atoms with van der Waals surface area (Å²) < 4.78 is 5.26. The third-order valence-corrected chi connectivity index (χ3v) is 4.69. The Balaban J connectivity index is 2.24. The number of benzene rings is 2. The van der Waals surface area contributed by atoms with Gasteiger partial charge >= 0.3 is 5.97 Å². The zero-order valence-corrected chi connectivity index (χ0v) is 16.4. The lowest BCUT2D eigenvalue weighted by Crippen LogP contribution is -2.29. The lowest BCUT2D eigenvalue weighted by atomic mass is 9.78. The van der Waals surface area contributed by atoms with Gasteiger partial charge in [-0.1, -0.05) is 49.4 Å². The number of nitro benzene ring substituents is 1. The van der Waals surface area contributed by atoms with Crippen molar-refractivity contribution < 1.29 is 24.0 Å². The summed E-state index contributed by atoms with van der Waals surface area (Å²) in [5, 5.41) is 11.1.